The molecule has 2 aromatic heterocycles. The molecule has 21 heavy (non-hydrogen) atoms. The maximum absolute atomic E-state index is 12.8. The van der Waals surface area contributed by atoms with E-state index in [1.807, 2.05) is 17.9 Å². The lowest BCUT2D eigenvalue weighted by molar-refractivity contribution is 0.0629. The number of carbonyl (C=O) groups excluding carboxylic acids is 1. The Bertz CT molecular complexity index is 684. The van der Waals surface area contributed by atoms with Crippen LogP contribution in [0.15, 0.2) is 12.3 Å². The highest BCUT2D eigenvalue weighted by molar-refractivity contribution is 7.21. The van der Waals surface area contributed by atoms with E-state index >= 15 is 0 Å². The van der Waals surface area contributed by atoms with E-state index in [-0.39, 0.29) is 5.91 Å². The van der Waals surface area contributed by atoms with Crippen LogP contribution in [-0.2, 0) is 0 Å². The first-order valence-corrected chi connectivity index (χ1v) is 8.22. The van der Waals surface area contributed by atoms with Crippen molar-refractivity contribution in [3.05, 3.63) is 22.7 Å². The molecule has 5 heteroatoms. The standard InChI is InChI=1S/C16H21N3OS/c1-9-6-10(2)8-19(7-9)16(20)14-13(17)12-11(3)4-5-18-15(12)21-14/h4-5,9-10H,6-8,17H2,1-3H3. The van der Waals surface area contributed by atoms with Crippen LogP contribution in [0, 0.1) is 18.8 Å². The van der Waals surface area contributed by atoms with E-state index in [9.17, 15) is 4.79 Å². The van der Waals surface area contributed by atoms with Crippen LogP contribution in [0.5, 0.6) is 0 Å². The van der Waals surface area contributed by atoms with Gasteiger partial charge in [-0.05, 0) is 36.8 Å². The third kappa shape index (κ3) is 2.50. The number of pyridine rings is 1. The van der Waals surface area contributed by atoms with Crippen molar-refractivity contribution >= 4 is 33.1 Å². The molecule has 1 saturated heterocycles. The van der Waals surface area contributed by atoms with Gasteiger partial charge in [0.1, 0.15) is 9.71 Å². The number of fused-ring (bicyclic) bond motifs is 1. The number of likely N-dealkylation sites (tertiary alicyclic amines) is 1. The molecule has 2 N–H and O–H groups in total. The van der Waals surface area contributed by atoms with Gasteiger partial charge in [0.25, 0.3) is 5.91 Å². The smallest absolute Gasteiger partial charge is 0.266 e. The zero-order valence-corrected chi connectivity index (χ0v) is 13.5. The van der Waals surface area contributed by atoms with Crippen LogP contribution < -0.4 is 5.73 Å². The predicted molar refractivity (Wildman–Crippen MR) is 87.6 cm³/mol. The first kappa shape index (κ1) is 14.3. The summed E-state index contributed by atoms with van der Waals surface area (Å²) in [6.45, 7) is 8.06. The molecule has 4 nitrogen and oxygen atoms in total. The molecule has 0 bridgehead atoms. The number of hydrogen-bond acceptors (Lipinski definition) is 4. The van der Waals surface area contributed by atoms with Crippen LogP contribution in [0.1, 0.15) is 35.5 Å². The quantitative estimate of drug-likeness (QED) is 0.879. The fourth-order valence-corrected chi connectivity index (χ4v) is 4.44. The maximum atomic E-state index is 12.8. The van der Waals surface area contributed by atoms with E-state index in [1.54, 1.807) is 6.20 Å². The molecule has 1 amide bonds. The summed E-state index contributed by atoms with van der Waals surface area (Å²) in [5, 5.41) is 0.934. The van der Waals surface area contributed by atoms with Gasteiger partial charge in [0.15, 0.2) is 0 Å². The summed E-state index contributed by atoms with van der Waals surface area (Å²) in [6.07, 6.45) is 2.96. The molecule has 1 aliphatic rings. The average molecular weight is 303 g/mol. The normalized spacial score (nSPS) is 22.7. The average Bonchev–Trinajstić information content (AvgIpc) is 2.75. The third-order valence-corrected chi connectivity index (χ3v) is 5.29. The Morgan fingerprint density at radius 1 is 1.38 bits per heavy atom. The second-order valence-corrected chi connectivity index (χ2v) is 7.31. The number of hydrogen-bond donors (Lipinski definition) is 1. The lowest BCUT2D eigenvalue weighted by atomic mass is 9.92. The highest BCUT2D eigenvalue weighted by Crippen LogP contribution is 2.36. The lowest BCUT2D eigenvalue weighted by Crippen LogP contribution is -2.42. The van der Waals surface area contributed by atoms with E-state index in [2.05, 4.69) is 18.8 Å². The summed E-state index contributed by atoms with van der Waals surface area (Å²) >= 11 is 1.41. The number of carbonyl (C=O) groups is 1. The van der Waals surface area contributed by atoms with Gasteiger partial charge in [-0.1, -0.05) is 13.8 Å². The Hall–Kier alpha value is -1.62. The number of aryl methyl sites for hydroxylation is 1. The zero-order chi connectivity index (χ0) is 15.1. The molecule has 112 valence electrons. The number of thiophene rings is 1. The van der Waals surface area contributed by atoms with Crippen LogP contribution in [0.2, 0.25) is 0 Å². The molecular weight excluding hydrogens is 282 g/mol. The van der Waals surface area contributed by atoms with Gasteiger partial charge in [-0.3, -0.25) is 4.79 Å². The molecule has 2 unspecified atom stereocenters. The van der Waals surface area contributed by atoms with E-state index in [0.29, 0.717) is 22.4 Å². The second kappa shape index (κ2) is 5.30. The van der Waals surface area contributed by atoms with Crippen LogP contribution in [0.3, 0.4) is 0 Å². The SMILES string of the molecule is Cc1ccnc2sc(C(=O)N3CC(C)CC(C)C3)c(N)c12. The Balaban J connectivity index is 1.98. The molecule has 1 fully saturated rings. The first-order chi connectivity index (χ1) is 9.97. The summed E-state index contributed by atoms with van der Waals surface area (Å²) in [7, 11) is 0. The minimum absolute atomic E-state index is 0.0632. The number of amides is 1. The Kier molecular flexibility index (Phi) is 3.61. The van der Waals surface area contributed by atoms with Crippen molar-refractivity contribution in [1.29, 1.82) is 0 Å². The topological polar surface area (TPSA) is 59.2 Å². The van der Waals surface area contributed by atoms with Crippen molar-refractivity contribution in [2.75, 3.05) is 18.8 Å². The molecule has 2 aromatic rings. The van der Waals surface area contributed by atoms with E-state index in [0.717, 1.165) is 28.9 Å². The van der Waals surface area contributed by atoms with Crippen molar-refractivity contribution in [1.82, 2.24) is 9.88 Å². The summed E-state index contributed by atoms with van der Waals surface area (Å²) in [4.78, 5) is 20.6. The molecule has 3 rings (SSSR count). The number of anilines is 1. The molecule has 0 spiro atoms. The Morgan fingerprint density at radius 2 is 2.05 bits per heavy atom. The van der Waals surface area contributed by atoms with Gasteiger partial charge in [-0.25, -0.2) is 4.98 Å². The Labute approximate surface area is 129 Å². The molecule has 0 saturated carbocycles. The molecule has 1 aliphatic heterocycles. The lowest BCUT2D eigenvalue weighted by Gasteiger charge is -2.34. The van der Waals surface area contributed by atoms with Crippen molar-refractivity contribution in [2.24, 2.45) is 11.8 Å². The monoisotopic (exact) mass is 303 g/mol. The van der Waals surface area contributed by atoms with Gasteiger partial charge >= 0.3 is 0 Å². The van der Waals surface area contributed by atoms with Crippen LogP contribution >= 0.6 is 11.3 Å². The van der Waals surface area contributed by atoms with Gasteiger partial charge in [0, 0.05) is 24.7 Å². The molecule has 3 heterocycles. The highest BCUT2D eigenvalue weighted by Gasteiger charge is 2.29. The largest absolute Gasteiger partial charge is 0.397 e. The van der Waals surface area contributed by atoms with E-state index < -0.39 is 0 Å². The van der Waals surface area contributed by atoms with Crippen LogP contribution in [-0.4, -0.2) is 28.9 Å². The second-order valence-electron chi connectivity index (χ2n) is 6.31. The van der Waals surface area contributed by atoms with Crippen molar-refractivity contribution < 1.29 is 4.79 Å². The summed E-state index contributed by atoms with van der Waals surface area (Å²) in [5.41, 5.74) is 7.91. The zero-order valence-electron chi connectivity index (χ0n) is 12.7. The minimum Gasteiger partial charge on any atom is -0.397 e. The number of nitrogens with zero attached hydrogens (tertiary/aromatic N) is 2. The summed E-state index contributed by atoms with van der Waals surface area (Å²) in [6, 6.07) is 1.94. The highest BCUT2D eigenvalue weighted by atomic mass is 32.1. The number of aromatic nitrogens is 1. The van der Waals surface area contributed by atoms with Gasteiger partial charge in [0.05, 0.1) is 5.69 Å². The number of nitrogen functional groups attached to an aromatic ring is 1. The molecule has 2 atom stereocenters. The summed E-state index contributed by atoms with van der Waals surface area (Å²) in [5.74, 6) is 1.16. The fourth-order valence-electron chi connectivity index (χ4n) is 3.33. The number of rotatable bonds is 1. The van der Waals surface area contributed by atoms with Crippen LogP contribution in [0.4, 0.5) is 5.69 Å². The number of piperidine rings is 1. The molecule has 0 aromatic carbocycles. The van der Waals surface area contributed by atoms with Gasteiger partial charge in [0.2, 0.25) is 0 Å². The van der Waals surface area contributed by atoms with Gasteiger partial charge < -0.3 is 10.6 Å². The minimum atomic E-state index is 0.0632. The summed E-state index contributed by atoms with van der Waals surface area (Å²) < 4.78 is 0. The van der Waals surface area contributed by atoms with Gasteiger partial charge in [-0.15, -0.1) is 11.3 Å². The Morgan fingerprint density at radius 3 is 2.67 bits per heavy atom. The molecule has 0 radical (unpaired) electrons. The first-order valence-electron chi connectivity index (χ1n) is 7.40. The van der Waals surface area contributed by atoms with Crippen molar-refractivity contribution in [3.8, 4) is 0 Å². The molecule has 0 aliphatic carbocycles. The van der Waals surface area contributed by atoms with Crippen molar-refractivity contribution in [2.45, 2.75) is 27.2 Å². The van der Waals surface area contributed by atoms with Gasteiger partial charge in [-0.2, -0.15) is 0 Å². The third-order valence-electron chi connectivity index (χ3n) is 4.19. The molecular formula is C16H21N3OS. The van der Waals surface area contributed by atoms with E-state index in [1.165, 1.54) is 17.8 Å². The number of nitrogens with two attached hydrogens (primary N) is 1. The maximum Gasteiger partial charge on any atom is 0.266 e. The van der Waals surface area contributed by atoms with Crippen molar-refractivity contribution in [3.63, 3.8) is 0 Å². The predicted octanol–water partition coefficient (Wildman–Crippen LogP) is 3.31. The van der Waals surface area contributed by atoms with E-state index in [4.69, 9.17) is 5.73 Å². The fraction of sp³-hybridized carbons (Fsp3) is 0.500. The van der Waals surface area contributed by atoms with Crippen LogP contribution in [0.25, 0.3) is 10.2 Å².